The number of benzene rings is 2. The van der Waals surface area contributed by atoms with E-state index in [1.807, 2.05) is 49.4 Å². The van der Waals surface area contributed by atoms with Crippen LogP contribution in [0.4, 0.5) is 0 Å². The molecule has 1 aliphatic heterocycles. The predicted octanol–water partition coefficient (Wildman–Crippen LogP) is 4.26. The molecule has 0 radical (unpaired) electrons. The topological polar surface area (TPSA) is 68.5 Å². The molecule has 1 aliphatic rings. The van der Waals surface area contributed by atoms with Crippen LogP contribution in [0.1, 0.15) is 30.9 Å². The Balaban J connectivity index is 1.45. The van der Waals surface area contributed by atoms with Gasteiger partial charge in [-0.05, 0) is 85.0 Å². The van der Waals surface area contributed by atoms with E-state index in [2.05, 4.69) is 15.2 Å². The molecule has 0 N–H and O–H groups in total. The van der Waals surface area contributed by atoms with Gasteiger partial charge in [0.05, 0.1) is 12.0 Å². The molecule has 0 bridgehead atoms. The van der Waals surface area contributed by atoms with Crippen molar-refractivity contribution in [2.24, 2.45) is 5.41 Å². The quantitative estimate of drug-likeness (QED) is 0.562. The summed E-state index contributed by atoms with van der Waals surface area (Å²) < 4.78 is 10.2. The van der Waals surface area contributed by atoms with Crippen LogP contribution in [0, 0.1) is 5.41 Å². The molecule has 2 heterocycles. The summed E-state index contributed by atoms with van der Waals surface area (Å²) in [5.41, 5.74) is 3.31. The molecule has 0 unspecified atom stereocenters. The van der Waals surface area contributed by atoms with Crippen molar-refractivity contribution < 1.29 is 14.2 Å². The monoisotopic (exact) mass is 413 g/mol. The number of halogens is 1. The minimum absolute atomic E-state index is 0.0929. The molecule has 0 atom stereocenters. The fourth-order valence-corrected chi connectivity index (χ4v) is 4.18. The first-order valence-electron chi connectivity index (χ1n) is 9.93. The van der Waals surface area contributed by atoms with Crippen LogP contribution in [0.3, 0.4) is 0 Å². The number of aromatic nitrogens is 2. The van der Waals surface area contributed by atoms with Crippen LogP contribution >= 0.6 is 11.6 Å². The van der Waals surface area contributed by atoms with Crippen molar-refractivity contribution in [3.63, 3.8) is 0 Å². The molecule has 1 fully saturated rings. The third-order valence-electron chi connectivity index (χ3n) is 5.70. The number of likely N-dealkylation sites (tertiary alicyclic amines) is 1. The van der Waals surface area contributed by atoms with E-state index < -0.39 is 5.41 Å². The zero-order valence-corrected chi connectivity index (χ0v) is 17.2. The number of nitrogens with zero attached hydrogens (tertiary/aromatic N) is 3. The summed E-state index contributed by atoms with van der Waals surface area (Å²) in [5.74, 6) is -0.0929. The van der Waals surface area contributed by atoms with E-state index in [1.165, 1.54) is 0 Å². The van der Waals surface area contributed by atoms with Crippen LogP contribution in [-0.4, -0.2) is 40.9 Å². The highest BCUT2D eigenvalue weighted by Crippen LogP contribution is 2.37. The maximum atomic E-state index is 12.9. The lowest BCUT2D eigenvalue weighted by molar-refractivity contribution is -0.158. The van der Waals surface area contributed by atoms with Gasteiger partial charge in [0.25, 0.3) is 0 Å². The normalized spacial score (nSPS) is 16.8. The highest BCUT2D eigenvalue weighted by Gasteiger charge is 2.42. The number of fused-ring (bicyclic) bond motifs is 1. The Morgan fingerprint density at radius 2 is 1.79 bits per heavy atom. The summed E-state index contributed by atoms with van der Waals surface area (Å²) in [6.07, 6.45) is 2.21. The molecule has 1 aromatic heterocycles. The summed E-state index contributed by atoms with van der Waals surface area (Å²) in [4.78, 5) is 15.2. The Bertz CT molecular complexity index is 978. The van der Waals surface area contributed by atoms with Crippen molar-refractivity contribution >= 4 is 28.6 Å². The molecule has 2 aromatic carbocycles. The molecule has 1 saturated heterocycles. The van der Waals surface area contributed by atoms with E-state index in [0.717, 1.165) is 54.6 Å². The number of esters is 1. The Kier molecular flexibility index (Phi) is 5.83. The highest BCUT2D eigenvalue weighted by atomic mass is 35.5. The van der Waals surface area contributed by atoms with E-state index >= 15 is 0 Å². The fraction of sp³-hybridized carbons (Fsp3) is 0.409. The number of piperidine rings is 1. The first-order valence-corrected chi connectivity index (χ1v) is 10.3. The Morgan fingerprint density at radius 1 is 1.10 bits per heavy atom. The van der Waals surface area contributed by atoms with Gasteiger partial charge in [0.2, 0.25) is 0 Å². The Morgan fingerprint density at radius 3 is 2.52 bits per heavy atom. The van der Waals surface area contributed by atoms with Crippen molar-refractivity contribution in [1.29, 1.82) is 0 Å². The van der Waals surface area contributed by atoms with Crippen molar-refractivity contribution in [1.82, 2.24) is 15.2 Å². The molecule has 7 heteroatoms. The van der Waals surface area contributed by atoms with Crippen LogP contribution in [-0.2, 0) is 22.5 Å². The van der Waals surface area contributed by atoms with Gasteiger partial charge < -0.3 is 4.74 Å². The first kappa shape index (κ1) is 19.9. The van der Waals surface area contributed by atoms with Crippen molar-refractivity contribution in [3.8, 4) is 0 Å². The van der Waals surface area contributed by atoms with Gasteiger partial charge in [0.1, 0.15) is 11.0 Å². The zero-order chi connectivity index (χ0) is 20.3. The Labute approximate surface area is 174 Å². The minimum Gasteiger partial charge on any atom is -0.466 e. The predicted molar refractivity (Wildman–Crippen MR) is 111 cm³/mol. The molecule has 29 heavy (non-hydrogen) atoms. The van der Waals surface area contributed by atoms with Gasteiger partial charge in [-0.1, -0.05) is 29.8 Å². The average Bonchev–Trinajstić information content (AvgIpc) is 3.19. The van der Waals surface area contributed by atoms with Crippen LogP contribution in [0.25, 0.3) is 11.0 Å². The zero-order valence-electron chi connectivity index (χ0n) is 16.4. The van der Waals surface area contributed by atoms with Gasteiger partial charge >= 0.3 is 5.97 Å². The lowest BCUT2D eigenvalue weighted by atomic mass is 9.73. The molecular formula is C22H24ClN3O3. The summed E-state index contributed by atoms with van der Waals surface area (Å²) in [7, 11) is 0. The molecular weight excluding hydrogens is 390 g/mol. The van der Waals surface area contributed by atoms with Gasteiger partial charge in [-0.25, -0.2) is 4.63 Å². The number of rotatable bonds is 6. The van der Waals surface area contributed by atoms with Gasteiger partial charge in [-0.15, -0.1) is 0 Å². The van der Waals surface area contributed by atoms with Crippen LogP contribution in [0.2, 0.25) is 5.02 Å². The average molecular weight is 414 g/mol. The number of ether oxygens (including phenoxy) is 1. The first-order chi connectivity index (χ1) is 14.1. The lowest BCUT2D eigenvalue weighted by Crippen LogP contribution is -2.46. The molecule has 4 rings (SSSR count). The van der Waals surface area contributed by atoms with E-state index in [0.29, 0.717) is 18.1 Å². The van der Waals surface area contributed by atoms with Crippen molar-refractivity contribution in [2.75, 3.05) is 19.7 Å². The third kappa shape index (κ3) is 4.43. The van der Waals surface area contributed by atoms with Crippen molar-refractivity contribution in [3.05, 3.63) is 58.6 Å². The molecule has 0 aliphatic carbocycles. The molecule has 6 nitrogen and oxygen atoms in total. The molecule has 0 spiro atoms. The summed E-state index contributed by atoms with van der Waals surface area (Å²) in [6, 6.07) is 13.7. The van der Waals surface area contributed by atoms with E-state index in [1.54, 1.807) is 0 Å². The minimum atomic E-state index is -0.486. The Hall–Kier alpha value is -2.44. The second-order valence-corrected chi connectivity index (χ2v) is 8.10. The third-order valence-corrected chi connectivity index (χ3v) is 5.95. The van der Waals surface area contributed by atoms with Gasteiger partial charge in [0.15, 0.2) is 0 Å². The number of hydrogen-bond acceptors (Lipinski definition) is 6. The lowest BCUT2D eigenvalue weighted by Gasteiger charge is -2.40. The van der Waals surface area contributed by atoms with Gasteiger partial charge in [0, 0.05) is 11.6 Å². The van der Waals surface area contributed by atoms with E-state index in [4.69, 9.17) is 21.0 Å². The maximum absolute atomic E-state index is 12.9. The van der Waals surface area contributed by atoms with Crippen LogP contribution in [0.5, 0.6) is 0 Å². The van der Waals surface area contributed by atoms with Crippen molar-refractivity contribution in [2.45, 2.75) is 32.7 Å². The highest BCUT2D eigenvalue weighted by molar-refractivity contribution is 6.30. The molecule has 152 valence electrons. The summed E-state index contributed by atoms with van der Waals surface area (Å²) in [6.45, 7) is 4.74. The van der Waals surface area contributed by atoms with Gasteiger partial charge in [-0.2, -0.15) is 0 Å². The second-order valence-electron chi connectivity index (χ2n) is 7.67. The van der Waals surface area contributed by atoms with E-state index in [-0.39, 0.29) is 5.97 Å². The number of carbonyl (C=O) groups is 1. The summed E-state index contributed by atoms with van der Waals surface area (Å²) >= 11 is 6.01. The van der Waals surface area contributed by atoms with E-state index in [9.17, 15) is 4.79 Å². The standard InChI is InChI=1S/C22H24ClN3O3/c1-2-28-21(27)22(14-16-3-6-18(23)7-4-16)9-11-26(12-10-22)15-17-5-8-19-20(13-17)25-29-24-19/h3-8,13H,2,9-12,14-15H2,1H3. The largest absolute Gasteiger partial charge is 0.466 e. The fourth-order valence-electron chi connectivity index (χ4n) is 4.05. The van der Waals surface area contributed by atoms with Gasteiger partial charge in [-0.3, -0.25) is 9.69 Å². The second kappa shape index (κ2) is 8.51. The maximum Gasteiger partial charge on any atom is 0.312 e. The smallest absolute Gasteiger partial charge is 0.312 e. The SMILES string of the molecule is CCOC(=O)C1(Cc2ccc(Cl)cc2)CCN(Cc2ccc3nonc3c2)CC1. The number of carbonyl (C=O) groups excluding carboxylic acids is 1. The van der Waals surface area contributed by atoms with Crippen LogP contribution < -0.4 is 0 Å². The molecule has 0 saturated carbocycles. The molecule has 3 aromatic rings. The number of hydrogen-bond donors (Lipinski definition) is 0. The molecule has 0 amide bonds. The summed E-state index contributed by atoms with van der Waals surface area (Å²) in [5, 5.41) is 8.47. The van der Waals surface area contributed by atoms with Crippen LogP contribution in [0.15, 0.2) is 47.1 Å².